The van der Waals surface area contributed by atoms with E-state index in [1.54, 1.807) is 7.05 Å². The zero-order valence-electron chi connectivity index (χ0n) is 19.5. The Kier molecular flexibility index (Phi) is 9.57. The smallest absolute Gasteiger partial charge is 0.387 e. The van der Waals surface area contributed by atoms with Crippen molar-refractivity contribution < 1.29 is 52.0 Å². The number of carbonyl (C=O) groups is 1. The number of nitrogens with zero attached hydrogens (tertiary/aromatic N) is 3. The Labute approximate surface area is 209 Å². The van der Waals surface area contributed by atoms with Crippen LogP contribution in [0, 0.1) is 0 Å². The molecule has 37 heavy (non-hydrogen) atoms. The number of ether oxygens (including phenoxy) is 1. The molecule has 208 valence electrons. The zero-order chi connectivity index (χ0) is 27.4. The lowest BCUT2D eigenvalue weighted by molar-refractivity contribution is -0.135. The van der Waals surface area contributed by atoms with Crippen LogP contribution in [0.4, 0.5) is 5.95 Å². The van der Waals surface area contributed by atoms with Crippen molar-refractivity contribution in [2.45, 2.75) is 50.2 Å². The number of unbranched alkanes of at least 4 members (excludes halogenated alkanes) is 2. The fourth-order valence-electron chi connectivity index (χ4n) is 3.49. The number of hydrogen-bond donors (Lipinski definition) is 7. The average molecular weight is 570 g/mol. The minimum atomic E-state index is -5.33. The topological polar surface area (TPSA) is 271 Å². The highest BCUT2D eigenvalue weighted by molar-refractivity contribution is 7.61. The number of hydrogen-bond acceptors (Lipinski definition) is 14. The molecule has 0 aliphatic carbocycles. The third-order valence-electron chi connectivity index (χ3n) is 5.20. The van der Waals surface area contributed by atoms with Crippen molar-refractivity contribution in [2.75, 3.05) is 25.9 Å². The Morgan fingerprint density at radius 3 is 2.68 bits per heavy atom. The van der Waals surface area contributed by atoms with Gasteiger partial charge in [-0.25, -0.2) is 14.1 Å². The molecule has 2 aromatic heterocycles. The van der Waals surface area contributed by atoms with Crippen LogP contribution in [0.15, 0.2) is 11.1 Å². The molecule has 1 fully saturated rings. The van der Waals surface area contributed by atoms with Crippen LogP contribution < -0.4 is 16.6 Å². The molecular formula is C17H28N6O12P2. The van der Waals surface area contributed by atoms with E-state index in [0.717, 1.165) is 23.9 Å². The number of H-pyrrole nitrogens is 1. The minimum absolute atomic E-state index is 0.0692. The molecule has 0 amide bonds. The molecule has 2 aromatic rings. The molecule has 1 aliphatic heterocycles. The third kappa shape index (κ3) is 7.64. The average Bonchev–Trinajstić information content (AvgIpc) is 3.32. The second-order valence-corrected chi connectivity index (χ2v) is 11.0. The number of anilines is 1. The summed E-state index contributed by atoms with van der Waals surface area (Å²) in [7, 11) is -8.87. The molecule has 1 saturated heterocycles. The first-order valence-corrected chi connectivity index (χ1v) is 13.9. The third-order valence-corrected chi connectivity index (χ3v) is 7.76. The number of aliphatic hydroxyl groups is 2. The van der Waals surface area contributed by atoms with Crippen molar-refractivity contribution in [3.63, 3.8) is 0 Å². The van der Waals surface area contributed by atoms with Gasteiger partial charge in [0.05, 0.1) is 12.9 Å². The highest BCUT2D eigenvalue weighted by atomic mass is 31.3. The van der Waals surface area contributed by atoms with Gasteiger partial charge in [-0.2, -0.15) is 9.29 Å². The van der Waals surface area contributed by atoms with Gasteiger partial charge in [-0.05, 0) is 26.4 Å². The molecule has 3 rings (SSSR count). The van der Waals surface area contributed by atoms with Gasteiger partial charge >= 0.3 is 21.6 Å². The fraction of sp³-hybridized carbons (Fsp3) is 0.647. The molecule has 18 nitrogen and oxygen atoms in total. The first-order valence-electron chi connectivity index (χ1n) is 11.0. The van der Waals surface area contributed by atoms with Gasteiger partial charge in [0.2, 0.25) is 5.95 Å². The van der Waals surface area contributed by atoms with Crippen molar-refractivity contribution in [1.29, 1.82) is 0 Å². The summed E-state index contributed by atoms with van der Waals surface area (Å²) in [6.07, 6.45) is -3.47. The van der Waals surface area contributed by atoms with E-state index in [0.29, 0.717) is 12.8 Å². The van der Waals surface area contributed by atoms with Gasteiger partial charge in [0, 0.05) is 6.42 Å². The van der Waals surface area contributed by atoms with E-state index in [9.17, 15) is 38.7 Å². The summed E-state index contributed by atoms with van der Waals surface area (Å²) >= 11 is 0. The number of nitrogen functional groups attached to an aromatic ring is 1. The van der Waals surface area contributed by atoms with Crippen molar-refractivity contribution in [3.05, 3.63) is 16.7 Å². The molecule has 0 spiro atoms. The molecular weight excluding hydrogens is 542 g/mol. The van der Waals surface area contributed by atoms with Crippen LogP contribution in [0.1, 0.15) is 31.9 Å². The maximum atomic E-state index is 12.2. The number of phosphoric acid groups is 2. The van der Waals surface area contributed by atoms with Crippen LogP contribution in [-0.2, 0) is 32.0 Å². The van der Waals surface area contributed by atoms with Gasteiger partial charge in [0.25, 0.3) is 5.56 Å². The first kappa shape index (κ1) is 29.3. The summed E-state index contributed by atoms with van der Waals surface area (Å²) in [5.74, 6) is -1.36. The number of imidazole rings is 1. The van der Waals surface area contributed by atoms with Gasteiger partial charge < -0.3 is 35.4 Å². The molecule has 20 heteroatoms. The summed E-state index contributed by atoms with van der Waals surface area (Å²) in [4.78, 5) is 53.1. The summed E-state index contributed by atoms with van der Waals surface area (Å²) in [6.45, 7) is -0.173. The number of carbonyl (C=O) groups excluding carboxylic acids is 1. The van der Waals surface area contributed by atoms with Gasteiger partial charge in [-0.1, -0.05) is 6.42 Å². The van der Waals surface area contributed by atoms with Crippen molar-refractivity contribution >= 4 is 38.7 Å². The Morgan fingerprint density at radius 1 is 1.24 bits per heavy atom. The molecule has 1 aliphatic rings. The number of nitrogens with two attached hydrogens (primary N) is 1. The summed E-state index contributed by atoms with van der Waals surface area (Å²) in [5, 5.41) is 23.6. The van der Waals surface area contributed by atoms with E-state index in [2.05, 4.69) is 33.6 Å². The lowest BCUT2D eigenvalue weighted by Gasteiger charge is -2.19. The minimum Gasteiger partial charge on any atom is -0.387 e. The van der Waals surface area contributed by atoms with Crippen LogP contribution in [0.25, 0.3) is 11.2 Å². The highest BCUT2D eigenvalue weighted by Crippen LogP contribution is 2.60. The lowest BCUT2D eigenvalue weighted by Crippen LogP contribution is -2.33. The number of aromatic nitrogens is 4. The van der Waals surface area contributed by atoms with E-state index in [1.165, 1.54) is 0 Å². The van der Waals surface area contributed by atoms with E-state index in [-0.39, 0.29) is 23.5 Å². The van der Waals surface area contributed by atoms with Crippen LogP contribution in [0.2, 0.25) is 0 Å². The van der Waals surface area contributed by atoms with Crippen molar-refractivity contribution in [2.24, 2.45) is 0 Å². The fourth-order valence-corrected chi connectivity index (χ4v) is 5.54. The molecule has 0 saturated carbocycles. The van der Waals surface area contributed by atoms with Gasteiger partial charge in [0.15, 0.2) is 17.4 Å². The number of fused-ring (bicyclic) bond motifs is 1. The molecule has 0 aromatic carbocycles. The van der Waals surface area contributed by atoms with Gasteiger partial charge in [0.1, 0.15) is 18.3 Å². The van der Waals surface area contributed by atoms with Gasteiger partial charge in [-0.15, -0.1) is 0 Å². The summed E-state index contributed by atoms with van der Waals surface area (Å²) in [6, 6.07) is 0. The normalized spacial score (nSPS) is 25.1. The summed E-state index contributed by atoms with van der Waals surface area (Å²) in [5.41, 5.74) is 4.68. The summed E-state index contributed by atoms with van der Waals surface area (Å²) < 4.78 is 43.7. The zero-order valence-corrected chi connectivity index (χ0v) is 21.3. The largest absolute Gasteiger partial charge is 0.538 e. The SMILES string of the molecule is CNCCCCCC(=O)OP(=O)(O)OP(=O)(O)OC[C@H]1O[C@@H](n2cnc3c(=O)[nH]c(N)nc32)[C@@H](O)C1O. The maximum absolute atomic E-state index is 12.2. The molecule has 3 unspecified atom stereocenters. The van der Waals surface area contributed by atoms with Crippen LogP contribution >= 0.6 is 15.6 Å². The van der Waals surface area contributed by atoms with Crippen molar-refractivity contribution in [3.8, 4) is 0 Å². The molecule has 3 heterocycles. The number of nitrogens with one attached hydrogen (secondary N) is 2. The molecule has 6 atom stereocenters. The number of rotatable bonds is 13. The highest BCUT2D eigenvalue weighted by Gasteiger charge is 2.46. The standard InChI is InChI=1S/C17H28N6O12P2/c1-19-6-4-2-3-5-10(24)34-37(30,31)35-36(28,29)32-7-9-12(25)13(26)16(33-9)23-8-20-11-14(23)21-17(18)22-15(11)27/h8-9,12-13,16,19,25-26H,2-7H2,1H3,(H,28,29)(H,30,31)(H3,18,21,22,27)/t9-,12?,13+,16-/m1/s1. The van der Waals surface area contributed by atoms with E-state index in [1.807, 2.05) is 0 Å². The van der Waals surface area contributed by atoms with Crippen LogP contribution in [0.5, 0.6) is 0 Å². The molecule has 0 bridgehead atoms. The Balaban J connectivity index is 1.57. The van der Waals surface area contributed by atoms with Crippen molar-refractivity contribution in [1.82, 2.24) is 24.8 Å². The Bertz CT molecular complexity index is 1250. The maximum Gasteiger partial charge on any atom is 0.538 e. The predicted molar refractivity (Wildman–Crippen MR) is 124 cm³/mol. The predicted octanol–water partition coefficient (Wildman–Crippen LogP) is -1.12. The molecule has 8 N–H and O–H groups in total. The Morgan fingerprint density at radius 2 is 1.97 bits per heavy atom. The van der Waals surface area contributed by atoms with Crippen LogP contribution in [-0.4, -0.2) is 84.0 Å². The molecule has 0 radical (unpaired) electrons. The Hall–Kier alpha value is -2.24. The van der Waals surface area contributed by atoms with E-state index >= 15 is 0 Å². The lowest BCUT2D eigenvalue weighted by atomic mass is 10.1. The van der Waals surface area contributed by atoms with E-state index in [4.69, 9.17) is 10.5 Å². The monoisotopic (exact) mass is 570 g/mol. The van der Waals surface area contributed by atoms with Gasteiger partial charge in [-0.3, -0.25) is 28.6 Å². The quantitative estimate of drug-likeness (QED) is 0.111. The second-order valence-electron chi connectivity index (χ2n) is 8.01. The first-order chi connectivity index (χ1) is 17.3. The van der Waals surface area contributed by atoms with E-state index < -0.39 is 58.3 Å². The van der Waals surface area contributed by atoms with Crippen LogP contribution in [0.3, 0.4) is 0 Å². The number of aliphatic hydroxyl groups excluding tert-OH is 2. The second kappa shape index (κ2) is 12.1. The number of phosphoric ester groups is 2. The number of aromatic amines is 1.